The van der Waals surface area contributed by atoms with Gasteiger partial charge in [0.2, 0.25) is 0 Å². The number of carbonyl (C=O) groups is 1. The molecule has 1 fully saturated rings. The van der Waals surface area contributed by atoms with Crippen molar-refractivity contribution in [3.63, 3.8) is 0 Å². The monoisotopic (exact) mass is 278 g/mol. The summed E-state index contributed by atoms with van der Waals surface area (Å²) >= 11 is 0. The number of carboxylic acids is 1. The van der Waals surface area contributed by atoms with Crippen molar-refractivity contribution in [2.45, 2.75) is 26.2 Å². The van der Waals surface area contributed by atoms with Crippen molar-refractivity contribution in [2.24, 2.45) is 11.8 Å². The molecule has 1 saturated carbocycles. The summed E-state index contributed by atoms with van der Waals surface area (Å²) in [6.07, 6.45) is 3.48. The van der Waals surface area contributed by atoms with E-state index in [4.69, 9.17) is 5.11 Å². The van der Waals surface area contributed by atoms with Gasteiger partial charge < -0.3 is 10.4 Å². The Hall–Kier alpha value is -2.11. The molecular formula is C14H18N2O4. The third-order valence-corrected chi connectivity index (χ3v) is 4.03. The molecule has 1 aliphatic carbocycles. The van der Waals surface area contributed by atoms with Crippen molar-refractivity contribution >= 4 is 17.3 Å². The highest BCUT2D eigenvalue weighted by Crippen LogP contribution is 2.32. The molecule has 2 rings (SSSR count). The van der Waals surface area contributed by atoms with E-state index in [-0.39, 0.29) is 16.9 Å². The van der Waals surface area contributed by atoms with Crippen LogP contribution in [-0.2, 0) is 0 Å². The molecule has 6 nitrogen and oxygen atoms in total. The van der Waals surface area contributed by atoms with Crippen molar-refractivity contribution in [2.75, 3.05) is 11.9 Å². The maximum Gasteiger partial charge on any atom is 0.335 e. The van der Waals surface area contributed by atoms with E-state index in [0.29, 0.717) is 18.4 Å². The third-order valence-electron chi connectivity index (χ3n) is 4.03. The largest absolute Gasteiger partial charge is 0.478 e. The van der Waals surface area contributed by atoms with E-state index in [1.165, 1.54) is 31.0 Å². The first-order valence-electron chi connectivity index (χ1n) is 6.74. The van der Waals surface area contributed by atoms with E-state index in [9.17, 15) is 14.9 Å². The van der Waals surface area contributed by atoms with Gasteiger partial charge in [0.05, 0.1) is 10.5 Å². The molecule has 0 amide bonds. The molecule has 2 atom stereocenters. The Morgan fingerprint density at radius 3 is 2.80 bits per heavy atom. The molecular weight excluding hydrogens is 260 g/mol. The van der Waals surface area contributed by atoms with Gasteiger partial charge in [0.25, 0.3) is 5.69 Å². The zero-order valence-electron chi connectivity index (χ0n) is 11.3. The normalized spacial score (nSPS) is 21.6. The molecule has 2 unspecified atom stereocenters. The summed E-state index contributed by atoms with van der Waals surface area (Å²) in [6.45, 7) is 2.83. The number of benzene rings is 1. The van der Waals surface area contributed by atoms with E-state index in [1.54, 1.807) is 0 Å². The number of nitrogens with zero attached hydrogens (tertiary/aromatic N) is 1. The minimum atomic E-state index is -1.09. The van der Waals surface area contributed by atoms with Gasteiger partial charge in [-0.05, 0) is 30.4 Å². The Kier molecular flexibility index (Phi) is 4.22. The molecule has 1 aromatic rings. The summed E-state index contributed by atoms with van der Waals surface area (Å²) < 4.78 is 0. The van der Waals surface area contributed by atoms with Crippen LogP contribution < -0.4 is 5.32 Å². The fraction of sp³-hybridized carbons (Fsp3) is 0.500. The SMILES string of the molecule is CC1CCCC1CNc1cc(C(=O)O)ccc1[N+](=O)[O-]. The summed E-state index contributed by atoms with van der Waals surface area (Å²) in [5.41, 5.74) is 0.257. The number of carboxylic acid groups (broad SMARTS) is 1. The van der Waals surface area contributed by atoms with Crippen LogP contribution in [0.2, 0.25) is 0 Å². The van der Waals surface area contributed by atoms with Crippen LogP contribution in [0.3, 0.4) is 0 Å². The number of anilines is 1. The molecule has 0 heterocycles. The van der Waals surface area contributed by atoms with Crippen LogP contribution in [0.25, 0.3) is 0 Å². The number of hydrogen-bond donors (Lipinski definition) is 2. The fourth-order valence-corrected chi connectivity index (χ4v) is 2.74. The quantitative estimate of drug-likeness (QED) is 0.637. The summed E-state index contributed by atoms with van der Waals surface area (Å²) in [4.78, 5) is 21.4. The average molecular weight is 278 g/mol. The van der Waals surface area contributed by atoms with Gasteiger partial charge in [0.15, 0.2) is 0 Å². The van der Waals surface area contributed by atoms with E-state index in [0.717, 1.165) is 6.42 Å². The van der Waals surface area contributed by atoms with Gasteiger partial charge in [-0.2, -0.15) is 0 Å². The van der Waals surface area contributed by atoms with Gasteiger partial charge in [-0.3, -0.25) is 10.1 Å². The zero-order valence-corrected chi connectivity index (χ0v) is 11.3. The topological polar surface area (TPSA) is 92.5 Å². The van der Waals surface area contributed by atoms with Crippen molar-refractivity contribution in [1.82, 2.24) is 0 Å². The Balaban J connectivity index is 2.17. The van der Waals surface area contributed by atoms with Gasteiger partial charge in [-0.25, -0.2) is 4.79 Å². The van der Waals surface area contributed by atoms with Crippen molar-refractivity contribution in [3.8, 4) is 0 Å². The molecule has 20 heavy (non-hydrogen) atoms. The molecule has 0 saturated heterocycles. The smallest absolute Gasteiger partial charge is 0.335 e. The minimum Gasteiger partial charge on any atom is -0.478 e. The van der Waals surface area contributed by atoms with Crippen molar-refractivity contribution in [3.05, 3.63) is 33.9 Å². The molecule has 108 valence electrons. The summed E-state index contributed by atoms with van der Waals surface area (Å²) in [5.74, 6) is 0.00415. The summed E-state index contributed by atoms with van der Waals surface area (Å²) in [5, 5.41) is 23.0. The number of aromatic carboxylic acids is 1. The Labute approximate surface area is 117 Å². The molecule has 0 radical (unpaired) electrons. The number of nitro benzene ring substituents is 1. The zero-order chi connectivity index (χ0) is 14.7. The highest BCUT2D eigenvalue weighted by atomic mass is 16.6. The molecule has 0 aromatic heterocycles. The second kappa shape index (κ2) is 5.90. The van der Waals surface area contributed by atoms with Crippen LogP contribution in [0.15, 0.2) is 18.2 Å². The third kappa shape index (κ3) is 3.07. The number of nitrogens with one attached hydrogen (secondary N) is 1. The first-order valence-corrected chi connectivity index (χ1v) is 6.74. The van der Waals surface area contributed by atoms with Crippen molar-refractivity contribution < 1.29 is 14.8 Å². The van der Waals surface area contributed by atoms with E-state index in [2.05, 4.69) is 12.2 Å². The van der Waals surface area contributed by atoms with Gasteiger partial charge in [0.1, 0.15) is 5.69 Å². The highest BCUT2D eigenvalue weighted by molar-refractivity contribution is 5.90. The van der Waals surface area contributed by atoms with Crippen LogP contribution in [0.4, 0.5) is 11.4 Å². The van der Waals surface area contributed by atoms with Gasteiger partial charge in [-0.15, -0.1) is 0 Å². The summed E-state index contributed by atoms with van der Waals surface area (Å²) in [6, 6.07) is 3.83. The highest BCUT2D eigenvalue weighted by Gasteiger charge is 2.24. The predicted octanol–water partition coefficient (Wildman–Crippen LogP) is 3.14. The molecule has 0 bridgehead atoms. The number of rotatable bonds is 5. The van der Waals surface area contributed by atoms with E-state index < -0.39 is 10.9 Å². The lowest BCUT2D eigenvalue weighted by Crippen LogP contribution is -2.17. The van der Waals surface area contributed by atoms with E-state index in [1.807, 2.05) is 0 Å². The van der Waals surface area contributed by atoms with Crippen LogP contribution >= 0.6 is 0 Å². The Bertz CT molecular complexity index is 530. The van der Waals surface area contributed by atoms with E-state index >= 15 is 0 Å². The first kappa shape index (κ1) is 14.3. The second-order valence-corrected chi connectivity index (χ2v) is 5.34. The maximum atomic E-state index is 11.0. The Morgan fingerprint density at radius 1 is 1.50 bits per heavy atom. The summed E-state index contributed by atoms with van der Waals surface area (Å²) in [7, 11) is 0. The fourth-order valence-electron chi connectivity index (χ4n) is 2.74. The standard InChI is InChI=1S/C14H18N2O4/c1-9-3-2-4-11(9)8-15-12-7-10(14(17)18)5-6-13(12)16(19)20/h5-7,9,11,15H,2-4,8H2,1H3,(H,17,18). The molecule has 0 aliphatic heterocycles. The number of nitro groups is 1. The van der Waals surface area contributed by atoms with Gasteiger partial charge >= 0.3 is 5.97 Å². The number of hydrogen-bond acceptors (Lipinski definition) is 4. The van der Waals surface area contributed by atoms with Crippen LogP contribution in [-0.4, -0.2) is 22.5 Å². The lowest BCUT2D eigenvalue weighted by atomic mass is 9.98. The lowest BCUT2D eigenvalue weighted by molar-refractivity contribution is -0.384. The first-order chi connectivity index (χ1) is 9.49. The average Bonchev–Trinajstić information content (AvgIpc) is 2.81. The predicted molar refractivity (Wildman–Crippen MR) is 75.1 cm³/mol. The maximum absolute atomic E-state index is 11.0. The molecule has 6 heteroatoms. The van der Waals surface area contributed by atoms with Crippen LogP contribution in [0.1, 0.15) is 36.5 Å². The molecule has 1 aromatic carbocycles. The molecule has 0 spiro atoms. The van der Waals surface area contributed by atoms with Gasteiger partial charge in [0, 0.05) is 12.6 Å². The molecule has 2 N–H and O–H groups in total. The van der Waals surface area contributed by atoms with Gasteiger partial charge in [-0.1, -0.05) is 19.8 Å². The second-order valence-electron chi connectivity index (χ2n) is 5.34. The lowest BCUT2D eigenvalue weighted by Gasteiger charge is -2.17. The molecule has 1 aliphatic rings. The van der Waals surface area contributed by atoms with Crippen LogP contribution in [0, 0.1) is 22.0 Å². The van der Waals surface area contributed by atoms with Crippen molar-refractivity contribution in [1.29, 1.82) is 0 Å². The Morgan fingerprint density at radius 2 is 2.25 bits per heavy atom. The van der Waals surface area contributed by atoms with Crippen LogP contribution in [0.5, 0.6) is 0 Å². The minimum absolute atomic E-state index is 0.0533.